The topological polar surface area (TPSA) is 17.1 Å². The summed E-state index contributed by atoms with van der Waals surface area (Å²) in [6.07, 6.45) is 10.3. The number of fused-ring (bicyclic) bond motifs is 1. The summed E-state index contributed by atoms with van der Waals surface area (Å²) in [4.78, 5) is 11.0. The number of rotatable bonds is 0. The third kappa shape index (κ3) is 1.28. The van der Waals surface area contributed by atoms with Gasteiger partial charge in [0, 0.05) is 6.42 Å². The van der Waals surface area contributed by atoms with Crippen molar-refractivity contribution in [3.8, 4) is 0 Å². The molecule has 1 unspecified atom stereocenters. The SMILES string of the molecule is O=C1C=C2CC=CCC2CC1. The number of hydrogen-bond donors (Lipinski definition) is 0. The molecule has 0 aromatic heterocycles. The molecule has 1 nitrogen and oxygen atoms in total. The fourth-order valence-corrected chi connectivity index (χ4v) is 1.87. The van der Waals surface area contributed by atoms with E-state index >= 15 is 0 Å². The Morgan fingerprint density at radius 2 is 2.27 bits per heavy atom. The molecule has 11 heavy (non-hydrogen) atoms. The van der Waals surface area contributed by atoms with Crippen LogP contribution in [0, 0.1) is 5.92 Å². The molecule has 0 aromatic rings. The van der Waals surface area contributed by atoms with Crippen LogP contribution >= 0.6 is 0 Å². The summed E-state index contributed by atoms with van der Waals surface area (Å²) < 4.78 is 0. The molecule has 0 fully saturated rings. The molecule has 0 amide bonds. The van der Waals surface area contributed by atoms with Crippen LogP contribution in [0.25, 0.3) is 0 Å². The van der Waals surface area contributed by atoms with Crippen LogP contribution in [-0.4, -0.2) is 5.78 Å². The summed E-state index contributed by atoms with van der Waals surface area (Å²) in [6.45, 7) is 0. The van der Waals surface area contributed by atoms with Crippen molar-refractivity contribution >= 4 is 5.78 Å². The Bertz CT molecular complexity index is 235. The van der Waals surface area contributed by atoms with Crippen LogP contribution in [0.5, 0.6) is 0 Å². The van der Waals surface area contributed by atoms with Gasteiger partial charge in [-0.1, -0.05) is 17.7 Å². The largest absolute Gasteiger partial charge is 0.295 e. The van der Waals surface area contributed by atoms with E-state index in [-0.39, 0.29) is 0 Å². The van der Waals surface area contributed by atoms with Gasteiger partial charge in [0.05, 0.1) is 0 Å². The second kappa shape index (κ2) is 2.65. The summed E-state index contributed by atoms with van der Waals surface area (Å²) in [5.74, 6) is 1.02. The molecule has 2 rings (SSSR count). The van der Waals surface area contributed by atoms with Crippen molar-refractivity contribution < 1.29 is 4.79 Å². The summed E-state index contributed by atoms with van der Waals surface area (Å²) in [5.41, 5.74) is 1.36. The van der Waals surface area contributed by atoms with E-state index in [1.54, 1.807) is 0 Å². The van der Waals surface area contributed by atoms with Crippen molar-refractivity contribution in [2.24, 2.45) is 5.92 Å². The highest BCUT2D eigenvalue weighted by Gasteiger charge is 2.21. The van der Waals surface area contributed by atoms with Gasteiger partial charge in [0.2, 0.25) is 0 Å². The molecule has 0 saturated heterocycles. The van der Waals surface area contributed by atoms with Gasteiger partial charge in [-0.2, -0.15) is 0 Å². The van der Waals surface area contributed by atoms with Crippen molar-refractivity contribution in [3.63, 3.8) is 0 Å². The van der Waals surface area contributed by atoms with Crippen LogP contribution in [0.3, 0.4) is 0 Å². The van der Waals surface area contributed by atoms with Gasteiger partial charge in [0.15, 0.2) is 5.78 Å². The summed E-state index contributed by atoms with van der Waals surface area (Å²) in [6, 6.07) is 0. The number of ketones is 1. The van der Waals surface area contributed by atoms with Gasteiger partial charge in [-0.3, -0.25) is 4.79 Å². The lowest BCUT2D eigenvalue weighted by Crippen LogP contribution is -2.15. The van der Waals surface area contributed by atoms with E-state index in [9.17, 15) is 4.79 Å². The van der Waals surface area contributed by atoms with E-state index in [0.29, 0.717) is 11.7 Å². The predicted molar refractivity (Wildman–Crippen MR) is 44.2 cm³/mol. The van der Waals surface area contributed by atoms with E-state index in [1.807, 2.05) is 6.08 Å². The maximum Gasteiger partial charge on any atom is 0.155 e. The Labute approximate surface area is 66.8 Å². The maximum atomic E-state index is 11.0. The number of carbonyl (C=O) groups is 1. The average molecular weight is 148 g/mol. The monoisotopic (exact) mass is 148 g/mol. The maximum absolute atomic E-state index is 11.0. The van der Waals surface area contributed by atoms with Crippen LogP contribution < -0.4 is 0 Å². The minimum absolute atomic E-state index is 0.326. The highest BCUT2D eigenvalue weighted by molar-refractivity contribution is 5.91. The molecule has 0 bridgehead atoms. The molecule has 2 aliphatic rings. The predicted octanol–water partition coefficient (Wildman–Crippen LogP) is 2.24. The average Bonchev–Trinajstić information content (AvgIpc) is 2.04. The number of carbonyl (C=O) groups excluding carboxylic acids is 1. The number of allylic oxidation sites excluding steroid dienone is 4. The standard InChI is InChI=1S/C10H12O/c11-10-6-5-8-3-1-2-4-9(8)7-10/h1-2,7-8H,3-6H2. The minimum atomic E-state index is 0.326. The summed E-state index contributed by atoms with van der Waals surface area (Å²) in [7, 11) is 0. The van der Waals surface area contributed by atoms with Gasteiger partial charge in [-0.15, -0.1) is 0 Å². The van der Waals surface area contributed by atoms with Gasteiger partial charge in [0.1, 0.15) is 0 Å². The molecular weight excluding hydrogens is 136 g/mol. The third-order valence-corrected chi connectivity index (χ3v) is 2.55. The molecular formula is C10H12O. The fraction of sp³-hybridized carbons (Fsp3) is 0.500. The lowest BCUT2D eigenvalue weighted by Gasteiger charge is -2.24. The van der Waals surface area contributed by atoms with Gasteiger partial charge < -0.3 is 0 Å². The van der Waals surface area contributed by atoms with Crippen LogP contribution in [-0.2, 0) is 4.79 Å². The molecule has 0 spiro atoms. The first kappa shape index (κ1) is 6.84. The summed E-state index contributed by atoms with van der Waals surface area (Å²) >= 11 is 0. The molecule has 0 saturated carbocycles. The van der Waals surface area contributed by atoms with E-state index in [1.165, 1.54) is 5.57 Å². The molecule has 0 N–H and O–H groups in total. The second-order valence-electron chi connectivity index (χ2n) is 3.33. The number of hydrogen-bond acceptors (Lipinski definition) is 1. The minimum Gasteiger partial charge on any atom is -0.295 e. The van der Waals surface area contributed by atoms with Gasteiger partial charge in [0.25, 0.3) is 0 Å². The molecule has 0 aliphatic heterocycles. The third-order valence-electron chi connectivity index (χ3n) is 2.55. The first-order chi connectivity index (χ1) is 5.36. The Morgan fingerprint density at radius 1 is 1.36 bits per heavy atom. The van der Waals surface area contributed by atoms with Crippen LogP contribution in [0.4, 0.5) is 0 Å². The smallest absolute Gasteiger partial charge is 0.155 e. The molecule has 58 valence electrons. The Kier molecular flexibility index (Phi) is 1.65. The molecule has 2 aliphatic carbocycles. The van der Waals surface area contributed by atoms with Crippen molar-refractivity contribution in [1.29, 1.82) is 0 Å². The van der Waals surface area contributed by atoms with E-state index in [4.69, 9.17) is 0 Å². The molecule has 0 heterocycles. The summed E-state index contributed by atoms with van der Waals surface area (Å²) in [5, 5.41) is 0. The van der Waals surface area contributed by atoms with Crippen LogP contribution in [0.1, 0.15) is 25.7 Å². The van der Waals surface area contributed by atoms with E-state index in [0.717, 1.165) is 25.7 Å². The molecule has 0 radical (unpaired) electrons. The van der Waals surface area contributed by atoms with Gasteiger partial charge in [-0.25, -0.2) is 0 Å². The lowest BCUT2D eigenvalue weighted by atomic mass is 9.80. The van der Waals surface area contributed by atoms with Crippen molar-refractivity contribution in [2.45, 2.75) is 25.7 Å². The zero-order valence-corrected chi connectivity index (χ0v) is 6.55. The van der Waals surface area contributed by atoms with Crippen LogP contribution in [0.15, 0.2) is 23.8 Å². The quantitative estimate of drug-likeness (QED) is 0.481. The molecule has 0 aromatic carbocycles. The lowest BCUT2D eigenvalue weighted by molar-refractivity contribution is -0.115. The highest BCUT2D eigenvalue weighted by Crippen LogP contribution is 2.31. The Hall–Kier alpha value is -0.850. The van der Waals surface area contributed by atoms with Crippen LogP contribution in [0.2, 0.25) is 0 Å². The van der Waals surface area contributed by atoms with E-state index < -0.39 is 0 Å². The first-order valence-corrected chi connectivity index (χ1v) is 4.24. The van der Waals surface area contributed by atoms with E-state index in [2.05, 4.69) is 12.2 Å². The van der Waals surface area contributed by atoms with Crippen molar-refractivity contribution in [3.05, 3.63) is 23.8 Å². The first-order valence-electron chi connectivity index (χ1n) is 4.24. The van der Waals surface area contributed by atoms with Crippen molar-refractivity contribution in [1.82, 2.24) is 0 Å². The molecule has 1 heteroatoms. The zero-order valence-electron chi connectivity index (χ0n) is 6.55. The Balaban J connectivity index is 2.24. The van der Waals surface area contributed by atoms with Gasteiger partial charge >= 0.3 is 0 Å². The van der Waals surface area contributed by atoms with Crippen molar-refractivity contribution in [2.75, 3.05) is 0 Å². The Morgan fingerprint density at radius 3 is 3.18 bits per heavy atom. The normalized spacial score (nSPS) is 29.6. The highest BCUT2D eigenvalue weighted by atomic mass is 16.1. The second-order valence-corrected chi connectivity index (χ2v) is 3.33. The zero-order chi connectivity index (χ0) is 7.68. The van der Waals surface area contributed by atoms with Gasteiger partial charge in [-0.05, 0) is 31.3 Å². The fourth-order valence-electron chi connectivity index (χ4n) is 1.87. The molecule has 1 atom stereocenters.